The van der Waals surface area contributed by atoms with Gasteiger partial charge >= 0.3 is 16.5 Å². The molecule has 0 aromatic heterocycles. The van der Waals surface area contributed by atoms with Gasteiger partial charge in [0.15, 0.2) is 0 Å². The van der Waals surface area contributed by atoms with E-state index in [-0.39, 0.29) is 16.5 Å². The van der Waals surface area contributed by atoms with Gasteiger partial charge in [-0.25, -0.2) is 0 Å². The van der Waals surface area contributed by atoms with Crippen molar-refractivity contribution in [3.63, 3.8) is 0 Å². The summed E-state index contributed by atoms with van der Waals surface area (Å²) in [7, 11) is 0. The number of rotatable bonds is 4. The fourth-order valence-corrected chi connectivity index (χ4v) is 0.834. The smallest absolute Gasteiger partial charge is 0.763 e. The zero-order chi connectivity index (χ0) is 11.8. The standard InChI is InChI=1S/C9H16N4S2.Ni/c1-6(10-12-8(3)14)5-7(2)11-13-9(4)15;/h5H2,1-4H3,(H,12,14)(H,13,15);/q;+2/p-2. The zero-order valence-corrected chi connectivity index (χ0v) is 12.2. The first kappa shape index (κ1) is 18.0. The summed E-state index contributed by atoms with van der Waals surface area (Å²) in [6.45, 7) is 7.17. The molecule has 92 valence electrons. The fraction of sp³-hybridized carbons (Fsp3) is 0.556. The predicted molar refractivity (Wildman–Crippen MR) is 71.8 cm³/mol. The maximum atomic E-state index is 4.77. The quantitative estimate of drug-likeness (QED) is 0.262. The summed E-state index contributed by atoms with van der Waals surface area (Å²) < 4.78 is 0. The van der Waals surface area contributed by atoms with Crippen LogP contribution >= 0.6 is 0 Å². The molecule has 0 unspecified atom stereocenters. The average molecular weight is 301 g/mol. The normalized spacial score (nSPS) is 14.8. The van der Waals surface area contributed by atoms with Crippen LogP contribution in [-0.2, 0) is 41.7 Å². The van der Waals surface area contributed by atoms with E-state index in [0.717, 1.165) is 11.4 Å². The van der Waals surface area contributed by atoms with Crippen molar-refractivity contribution >= 4 is 46.8 Å². The summed E-state index contributed by atoms with van der Waals surface area (Å²) in [5.41, 5.74) is 1.69. The van der Waals surface area contributed by atoms with E-state index in [1.165, 1.54) is 0 Å². The van der Waals surface area contributed by atoms with Crippen molar-refractivity contribution < 1.29 is 16.5 Å². The molecule has 0 radical (unpaired) electrons. The van der Waals surface area contributed by atoms with Crippen LogP contribution in [-0.4, -0.2) is 21.5 Å². The van der Waals surface area contributed by atoms with E-state index in [0.29, 0.717) is 16.5 Å². The molecule has 0 saturated heterocycles. The molecule has 7 heteroatoms. The van der Waals surface area contributed by atoms with Crippen LogP contribution in [0.15, 0.2) is 20.4 Å². The van der Waals surface area contributed by atoms with Gasteiger partial charge < -0.3 is 25.3 Å². The fourth-order valence-electron chi connectivity index (χ4n) is 0.752. The Balaban J connectivity index is 0. The van der Waals surface area contributed by atoms with E-state index < -0.39 is 0 Å². The summed E-state index contributed by atoms with van der Waals surface area (Å²) in [5.74, 6) is 0. The van der Waals surface area contributed by atoms with E-state index in [1.54, 1.807) is 13.8 Å². The summed E-state index contributed by atoms with van der Waals surface area (Å²) in [4.78, 5) is 0. The Morgan fingerprint density at radius 3 is 1.31 bits per heavy atom. The van der Waals surface area contributed by atoms with Gasteiger partial charge in [-0.2, -0.15) is 20.4 Å². The first-order valence-corrected chi connectivity index (χ1v) is 5.23. The third-order valence-electron chi connectivity index (χ3n) is 1.23. The first-order chi connectivity index (χ1) is 6.91. The summed E-state index contributed by atoms with van der Waals surface area (Å²) >= 11 is 9.55. The molecule has 0 atom stereocenters. The zero-order valence-electron chi connectivity index (χ0n) is 9.63. The van der Waals surface area contributed by atoms with E-state index in [4.69, 9.17) is 25.3 Å². The van der Waals surface area contributed by atoms with E-state index in [2.05, 4.69) is 20.4 Å². The van der Waals surface area contributed by atoms with Crippen LogP contribution in [0.3, 0.4) is 0 Å². The third kappa shape index (κ3) is 11.7. The summed E-state index contributed by atoms with van der Waals surface area (Å²) in [6, 6.07) is 0. The van der Waals surface area contributed by atoms with Gasteiger partial charge in [-0.1, -0.05) is 10.1 Å². The maximum absolute atomic E-state index is 4.77. The van der Waals surface area contributed by atoms with Crippen molar-refractivity contribution in [1.82, 2.24) is 0 Å². The predicted octanol–water partition coefficient (Wildman–Crippen LogP) is 2.06. The van der Waals surface area contributed by atoms with E-state index in [1.807, 2.05) is 13.8 Å². The van der Waals surface area contributed by atoms with Crippen LogP contribution in [0, 0.1) is 0 Å². The van der Waals surface area contributed by atoms with Gasteiger partial charge in [-0.15, -0.1) is 0 Å². The third-order valence-corrected chi connectivity index (χ3v) is 1.40. The van der Waals surface area contributed by atoms with Crippen molar-refractivity contribution in [2.75, 3.05) is 0 Å². The summed E-state index contributed by atoms with van der Waals surface area (Å²) in [5, 5.41) is 16.5. The van der Waals surface area contributed by atoms with Gasteiger partial charge in [0, 0.05) is 17.8 Å². The van der Waals surface area contributed by atoms with E-state index in [9.17, 15) is 0 Å². The molecule has 0 N–H and O–H groups in total. The molecule has 0 aromatic carbocycles. The van der Waals surface area contributed by atoms with Crippen LogP contribution in [0.5, 0.6) is 0 Å². The molecule has 0 aliphatic rings. The van der Waals surface area contributed by atoms with Gasteiger partial charge in [0.25, 0.3) is 0 Å². The molecule has 0 bridgehead atoms. The molecule has 16 heavy (non-hydrogen) atoms. The van der Waals surface area contributed by atoms with Gasteiger partial charge in [-0.3, -0.25) is 0 Å². The first-order valence-electron chi connectivity index (χ1n) is 4.41. The molecule has 0 saturated carbocycles. The van der Waals surface area contributed by atoms with Crippen LogP contribution in [0.1, 0.15) is 34.1 Å². The number of nitrogens with zero attached hydrogens (tertiary/aromatic N) is 4. The van der Waals surface area contributed by atoms with Crippen molar-refractivity contribution in [1.29, 1.82) is 0 Å². The second-order valence-electron chi connectivity index (χ2n) is 3.09. The van der Waals surface area contributed by atoms with Crippen molar-refractivity contribution in [3.8, 4) is 0 Å². The summed E-state index contributed by atoms with van der Waals surface area (Å²) in [6.07, 6.45) is 0.623. The Morgan fingerprint density at radius 1 is 0.750 bits per heavy atom. The molecule has 4 nitrogen and oxygen atoms in total. The van der Waals surface area contributed by atoms with Gasteiger partial charge in [0.05, 0.1) is 0 Å². The molecule has 0 aromatic rings. The molecule has 0 aliphatic carbocycles. The van der Waals surface area contributed by atoms with Gasteiger partial charge in [0.2, 0.25) is 0 Å². The van der Waals surface area contributed by atoms with Crippen LogP contribution < -0.4 is 0 Å². The Labute approximate surface area is 118 Å². The molecule has 0 heterocycles. The van der Waals surface area contributed by atoms with Crippen LogP contribution in [0.4, 0.5) is 0 Å². The molecule has 0 fully saturated rings. The van der Waals surface area contributed by atoms with Crippen molar-refractivity contribution in [2.24, 2.45) is 20.4 Å². The topological polar surface area (TPSA) is 49.4 Å². The SMILES string of the molecule is CC([S-])=NN=C(C)CC(C)=NN=C(C)[S-].[Ni+2]. The second kappa shape index (κ2) is 9.81. The Hall–Kier alpha value is -0.386. The van der Waals surface area contributed by atoms with Crippen LogP contribution in [0.25, 0.3) is 0 Å². The molecule has 0 amide bonds. The van der Waals surface area contributed by atoms with Crippen molar-refractivity contribution in [2.45, 2.75) is 34.1 Å². The van der Waals surface area contributed by atoms with Crippen molar-refractivity contribution in [3.05, 3.63) is 0 Å². The largest absolute Gasteiger partial charge is 2.00 e. The van der Waals surface area contributed by atoms with Gasteiger partial charge in [-0.05, 0) is 27.7 Å². The Kier molecular flexibility index (Phi) is 11.0. The molecule has 0 rings (SSSR count). The monoisotopic (exact) mass is 300 g/mol. The minimum atomic E-state index is 0. The van der Waals surface area contributed by atoms with Gasteiger partial charge in [0.1, 0.15) is 0 Å². The molecule has 0 spiro atoms. The minimum Gasteiger partial charge on any atom is -0.763 e. The number of hydrogen-bond donors (Lipinski definition) is 0. The molecule has 0 aliphatic heterocycles. The number of hydrogen-bond acceptors (Lipinski definition) is 6. The minimum absolute atomic E-state index is 0. The Bertz CT molecular complexity index is 294. The molecular formula is C9H14N4NiS2. The van der Waals surface area contributed by atoms with E-state index >= 15 is 0 Å². The molecular weight excluding hydrogens is 287 g/mol. The van der Waals surface area contributed by atoms with Crippen LogP contribution in [0.2, 0.25) is 0 Å². The maximum Gasteiger partial charge on any atom is 2.00 e. The average Bonchev–Trinajstić information content (AvgIpc) is 2.11. The Morgan fingerprint density at radius 2 is 1.06 bits per heavy atom. The second-order valence-corrected chi connectivity index (χ2v) is 4.27.